The van der Waals surface area contributed by atoms with E-state index in [-0.39, 0.29) is 10.3 Å². The lowest BCUT2D eigenvalue weighted by atomic mass is 10.0. The predicted molar refractivity (Wildman–Crippen MR) is 107 cm³/mol. The lowest BCUT2D eigenvalue weighted by molar-refractivity contribution is 0.597. The maximum atomic E-state index is 13.2. The first-order valence-electron chi connectivity index (χ1n) is 8.10. The molecule has 0 aliphatic heterocycles. The highest BCUT2D eigenvalue weighted by Crippen LogP contribution is 2.36. The Balaban J connectivity index is 2.03. The smallest absolute Gasteiger partial charge is 0.238 e. The van der Waals surface area contributed by atoms with Crippen LogP contribution in [-0.4, -0.2) is 8.42 Å². The molecule has 4 aromatic rings. The molecule has 0 aliphatic carbocycles. The van der Waals surface area contributed by atoms with Crippen LogP contribution in [0.1, 0.15) is 4.88 Å². The number of fused-ring (bicyclic) bond motifs is 1. The Labute approximate surface area is 159 Å². The second-order valence-corrected chi connectivity index (χ2v) is 8.96. The molecule has 0 unspecified atom stereocenters. The Kier molecular flexibility index (Phi) is 4.22. The molecular formula is C20H15NO4S2. The fourth-order valence-corrected chi connectivity index (χ4v) is 4.36. The molecule has 136 valence electrons. The number of primary sulfonamides is 1. The monoisotopic (exact) mass is 397 g/mol. The van der Waals surface area contributed by atoms with Crippen LogP contribution in [0.15, 0.2) is 74.8 Å². The summed E-state index contributed by atoms with van der Waals surface area (Å²) < 4.78 is 29.1. The Hall–Kier alpha value is -2.74. The summed E-state index contributed by atoms with van der Waals surface area (Å²) in [4.78, 5) is 15.1. The van der Waals surface area contributed by atoms with Crippen molar-refractivity contribution < 1.29 is 12.8 Å². The molecule has 0 aliphatic rings. The number of para-hydroxylation sites is 1. The van der Waals surface area contributed by atoms with Gasteiger partial charge in [-0.15, -0.1) is 11.3 Å². The molecule has 2 heterocycles. The van der Waals surface area contributed by atoms with Crippen molar-refractivity contribution in [3.05, 3.63) is 75.8 Å². The molecule has 0 bridgehead atoms. The summed E-state index contributed by atoms with van der Waals surface area (Å²) in [6.45, 7) is 1.97. The molecule has 27 heavy (non-hydrogen) atoms. The molecule has 2 N–H and O–H groups in total. The molecule has 0 spiro atoms. The van der Waals surface area contributed by atoms with Crippen LogP contribution in [0.25, 0.3) is 32.7 Å². The largest absolute Gasteiger partial charge is 0.455 e. The van der Waals surface area contributed by atoms with E-state index in [0.717, 1.165) is 9.75 Å². The first-order chi connectivity index (χ1) is 12.8. The van der Waals surface area contributed by atoms with Gasteiger partial charge in [0.05, 0.1) is 15.8 Å². The van der Waals surface area contributed by atoms with Crippen molar-refractivity contribution in [1.29, 1.82) is 0 Å². The number of nitrogens with two attached hydrogens (primary N) is 1. The van der Waals surface area contributed by atoms with Crippen LogP contribution in [0.3, 0.4) is 0 Å². The van der Waals surface area contributed by atoms with Gasteiger partial charge in [-0.2, -0.15) is 0 Å². The molecule has 0 radical (unpaired) electrons. The van der Waals surface area contributed by atoms with Gasteiger partial charge in [0.1, 0.15) is 11.3 Å². The van der Waals surface area contributed by atoms with Crippen molar-refractivity contribution in [1.82, 2.24) is 0 Å². The van der Waals surface area contributed by atoms with E-state index in [2.05, 4.69) is 0 Å². The van der Waals surface area contributed by atoms with Crippen LogP contribution in [0.2, 0.25) is 0 Å². The highest BCUT2D eigenvalue weighted by atomic mass is 32.2. The number of thiophene rings is 1. The first kappa shape index (κ1) is 17.7. The zero-order valence-electron chi connectivity index (χ0n) is 14.3. The van der Waals surface area contributed by atoms with E-state index in [0.29, 0.717) is 27.9 Å². The van der Waals surface area contributed by atoms with Crippen molar-refractivity contribution in [3.63, 3.8) is 0 Å². The fourth-order valence-electron chi connectivity index (χ4n) is 2.93. The molecule has 0 fully saturated rings. The quantitative estimate of drug-likeness (QED) is 0.562. The Morgan fingerprint density at radius 3 is 2.30 bits per heavy atom. The van der Waals surface area contributed by atoms with Gasteiger partial charge in [0.2, 0.25) is 15.5 Å². The van der Waals surface area contributed by atoms with E-state index < -0.39 is 10.0 Å². The zero-order chi connectivity index (χ0) is 19.2. The molecular weight excluding hydrogens is 382 g/mol. The summed E-state index contributed by atoms with van der Waals surface area (Å²) in [5.41, 5.74) is 1.43. The van der Waals surface area contributed by atoms with E-state index in [4.69, 9.17) is 9.56 Å². The number of hydrogen-bond donors (Lipinski definition) is 1. The molecule has 0 saturated carbocycles. The number of benzene rings is 2. The Bertz CT molecular complexity index is 1320. The SMILES string of the molecule is Cc1ccc(-c2c(-c3ccc(S(N)(=O)=O)cc3)oc3ccccc3c2=O)s1. The lowest BCUT2D eigenvalue weighted by Gasteiger charge is -2.09. The van der Waals surface area contributed by atoms with Crippen molar-refractivity contribution in [2.75, 3.05) is 0 Å². The van der Waals surface area contributed by atoms with Gasteiger partial charge in [0.25, 0.3) is 0 Å². The minimum absolute atomic E-state index is 0.00269. The van der Waals surface area contributed by atoms with Gasteiger partial charge in [-0.25, -0.2) is 13.6 Å². The van der Waals surface area contributed by atoms with E-state index >= 15 is 0 Å². The number of sulfonamides is 1. The molecule has 5 nitrogen and oxygen atoms in total. The van der Waals surface area contributed by atoms with Crippen LogP contribution in [-0.2, 0) is 10.0 Å². The number of hydrogen-bond acceptors (Lipinski definition) is 5. The third-order valence-corrected chi connectivity index (χ3v) is 6.18. The number of aryl methyl sites for hydroxylation is 1. The van der Waals surface area contributed by atoms with Crippen molar-refractivity contribution in [3.8, 4) is 21.8 Å². The van der Waals surface area contributed by atoms with Crippen molar-refractivity contribution >= 4 is 32.3 Å². The van der Waals surface area contributed by atoms with Gasteiger partial charge in [0.15, 0.2) is 0 Å². The van der Waals surface area contributed by atoms with E-state index in [1.807, 2.05) is 19.1 Å². The van der Waals surface area contributed by atoms with Gasteiger partial charge in [-0.3, -0.25) is 4.79 Å². The van der Waals surface area contributed by atoms with Crippen molar-refractivity contribution in [2.24, 2.45) is 5.14 Å². The molecule has 0 atom stereocenters. The maximum Gasteiger partial charge on any atom is 0.238 e. The maximum absolute atomic E-state index is 13.2. The lowest BCUT2D eigenvalue weighted by Crippen LogP contribution is -2.11. The van der Waals surface area contributed by atoms with Gasteiger partial charge >= 0.3 is 0 Å². The average Bonchev–Trinajstić information content (AvgIpc) is 3.07. The standard InChI is InChI=1S/C20H15NO4S2/c1-12-6-11-17(26-12)18-19(22)15-4-2-3-5-16(15)25-20(18)13-7-9-14(10-8-13)27(21,23)24/h2-11H,1H3,(H2,21,23,24). The van der Waals surface area contributed by atoms with Crippen LogP contribution >= 0.6 is 11.3 Å². The topological polar surface area (TPSA) is 90.4 Å². The van der Waals surface area contributed by atoms with Gasteiger partial charge < -0.3 is 4.42 Å². The summed E-state index contributed by atoms with van der Waals surface area (Å²) in [5.74, 6) is 0.404. The molecule has 4 rings (SSSR count). The summed E-state index contributed by atoms with van der Waals surface area (Å²) in [6.07, 6.45) is 0. The van der Waals surface area contributed by atoms with E-state index in [1.165, 1.54) is 23.5 Å². The molecule has 0 amide bonds. The summed E-state index contributed by atoms with van der Waals surface area (Å²) in [6, 6.07) is 16.9. The molecule has 0 saturated heterocycles. The Morgan fingerprint density at radius 2 is 1.67 bits per heavy atom. The minimum atomic E-state index is -3.79. The first-order valence-corrected chi connectivity index (χ1v) is 10.5. The second-order valence-electron chi connectivity index (χ2n) is 6.11. The van der Waals surface area contributed by atoms with Crippen LogP contribution in [0, 0.1) is 6.92 Å². The van der Waals surface area contributed by atoms with Crippen LogP contribution < -0.4 is 10.6 Å². The third-order valence-electron chi connectivity index (χ3n) is 4.23. The van der Waals surface area contributed by atoms with Crippen LogP contribution in [0.4, 0.5) is 0 Å². The van der Waals surface area contributed by atoms with Gasteiger partial charge in [-0.1, -0.05) is 12.1 Å². The predicted octanol–water partition coefficient (Wildman–Crippen LogP) is 4.14. The number of rotatable bonds is 3. The normalized spacial score (nSPS) is 11.8. The van der Waals surface area contributed by atoms with Gasteiger partial charge in [0, 0.05) is 15.3 Å². The molecule has 7 heteroatoms. The van der Waals surface area contributed by atoms with Gasteiger partial charge in [-0.05, 0) is 55.5 Å². The summed E-state index contributed by atoms with van der Waals surface area (Å²) >= 11 is 1.50. The second kappa shape index (κ2) is 6.45. The van der Waals surface area contributed by atoms with E-state index in [9.17, 15) is 13.2 Å². The molecule has 2 aromatic carbocycles. The zero-order valence-corrected chi connectivity index (χ0v) is 15.9. The molecule has 2 aromatic heterocycles. The van der Waals surface area contributed by atoms with E-state index in [1.54, 1.807) is 36.4 Å². The fraction of sp³-hybridized carbons (Fsp3) is 0.0500. The Morgan fingerprint density at radius 1 is 0.963 bits per heavy atom. The van der Waals surface area contributed by atoms with Crippen molar-refractivity contribution in [2.45, 2.75) is 11.8 Å². The average molecular weight is 397 g/mol. The highest BCUT2D eigenvalue weighted by Gasteiger charge is 2.19. The van der Waals surface area contributed by atoms with Crippen LogP contribution in [0.5, 0.6) is 0 Å². The highest BCUT2D eigenvalue weighted by molar-refractivity contribution is 7.89. The minimum Gasteiger partial charge on any atom is -0.455 e. The summed E-state index contributed by atoms with van der Waals surface area (Å²) in [7, 11) is -3.79. The third kappa shape index (κ3) is 3.21. The summed E-state index contributed by atoms with van der Waals surface area (Å²) in [5, 5.41) is 5.67.